The normalized spacial score (nSPS) is 21.9. The van der Waals surface area contributed by atoms with Gasteiger partial charge in [-0.2, -0.15) is 5.10 Å². The molecule has 0 bridgehead atoms. The van der Waals surface area contributed by atoms with Gasteiger partial charge in [0, 0.05) is 20.4 Å². The van der Waals surface area contributed by atoms with Crippen LogP contribution in [-0.4, -0.2) is 22.5 Å². The van der Waals surface area contributed by atoms with Crippen LogP contribution < -0.4 is 5.73 Å². The van der Waals surface area contributed by atoms with Crippen LogP contribution in [0.2, 0.25) is 0 Å². The maximum absolute atomic E-state index is 6.37. The standard InChI is InChI=1S/C12H21N3O/c1-15-10(6-9-14-15)11(13)12(16-2)7-4-3-5-8-12/h6,9,11H,3-5,7-8,13H2,1-2H3. The number of nitrogens with zero attached hydrogens (tertiary/aromatic N) is 2. The molecule has 16 heavy (non-hydrogen) atoms. The molecule has 0 aliphatic heterocycles. The summed E-state index contributed by atoms with van der Waals surface area (Å²) in [5.74, 6) is 0. The Kier molecular flexibility index (Phi) is 3.30. The Labute approximate surface area is 96.8 Å². The number of nitrogens with two attached hydrogens (primary N) is 1. The highest BCUT2D eigenvalue weighted by molar-refractivity contribution is 5.13. The molecule has 1 fully saturated rings. The molecule has 1 heterocycles. The second-order valence-corrected chi connectivity index (χ2v) is 4.69. The van der Waals surface area contributed by atoms with Crippen LogP contribution in [0.4, 0.5) is 0 Å². The molecule has 1 unspecified atom stereocenters. The van der Waals surface area contributed by atoms with Gasteiger partial charge in [0.15, 0.2) is 0 Å². The molecule has 1 aliphatic carbocycles. The summed E-state index contributed by atoms with van der Waals surface area (Å²) < 4.78 is 7.60. The van der Waals surface area contributed by atoms with E-state index in [-0.39, 0.29) is 11.6 Å². The molecule has 1 aromatic rings. The molecule has 2 N–H and O–H groups in total. The maximum Gasteiger partial charge on any atom is 0.0885 e. The van der Waals surface area contributed by atoms with Crippen molar-refractivity contribution in [3.63, 3.8) is 0 Å². The summed E-state index contributed by atoms with van der Waals surface area (Å²) in [6.07, 6.45) is 7.61. The van der Waals surface area contributed by atoms with Crippen molar-refractivity contribution in [2.75, 3.05) is 7.11 Å². The van der Waals surface area contributed by atoms with Crippen molar-refractivity contribution in [3.05, 3.63) is 18.0 Å². The minimum absolute atomic E-state index is 0.0784. The van der Waals surface area contributed by atoms with Gasteiger partial charge >= 0.3 is 0 Å². The van der Waals surface area contributed by atoms with Crippen LogP contribution in [0, 0.1) is 0 Å². The van der Waals surface area contributed by atoms with Crippen molar-refractivity contribution < 1.29 is 4.74 Å². The molecule has 0 saturated heterocycles. The molecule has 0 amide bonds. The van der Waals surface area contributed by atoms with Gasteiger partial charge in [0.2, 0.25) is 0 Å². The third kappa shape index (κ3) is 1.87. The van der Waals surface area contributed by atoms with E-state index in [9.17, 15) is 0 Å². The first-order valence-corrected chi connectivity index (χ1v) is 5.98. The molecule has 1 aromatic heterocycles. The first kappa shape index (κ1) is 11.6. The Balaban J connectivity index is 2.24. The predicted octanol–water partition coefficient (Wildman–Crippen LogP) is 1.77. The van der Waals surface area contributed by atoms with Gasteiger partial charge in [-0.3, -0.25) is 4.68 Å². The molecule has 1 atom stereocenters. The van der Waals surface area contributed by atoms with Crippen molar-refractivity contribution in [2.24, 2.45) is 12.8 Å². The SMILES string of the molecule is COC1(C(N)c2ccnn2C)CCCCC1. The second-order valence-electron chi connectivity index (χ2n) is 4.69. The minimum atomic E-state index is -0.188. The van der Waals surface area contributed by atoms with Crippen molar-refractivity contribution in [2.45, 2.75) is 43.7 Å². The van der Waals surface area contributed by atoms with Crippen LogP contribution in [0.15, 0.2) is 12.3 Å². The molecule has 4 heteroatoms. The minimum Gasteiger partial charge on any atom is -0.376 e. The van der Waals surface area contributed by atoms with Crippen molar-refractivity contribution in [1.29, 1.82) is 0 Å². The van der Waals surface area contributed by atoms with Gasteiger partial charge in [0.05, 0.1) is 17.3 Å². The Hall–Kier alpha value is -0.870. The van der Waals surface area contributed by atoms with Crippen LogP contribution in [-0.2, 0) is 11.8 Å². The van der Waals surface area contributed by atoms with Crippen LogP contribution in [0.3, 0.4) is 0 Å². The smallest absolute Gasteiger partial charge is 0.0885 e. The van der Waals surface area contributed by atoms with Crippen molar-refractivity contribution in [3.8, 4) is 0 Å². The fourth-order valence-electron chi connectivity index (χ4n) is 2.75. The number of methoxy groups -OCH3 is 1. The first-order chi connectivity index (χ1) is 7.69. The number of rotatable bonds is 3. The van der Waals surface area contributed by atoms with Crippen LogP contribution in [0.1, 0.15) is 43.8 Å². The van der Waals surface area contributed by atoms with Gasteiger partial charge in [-0.05, 0) is 18.9 Å². The number of aromatic nitrogens is 2. The van der Waals surface area contributed by atoms with E-state index in [4.69, 9.17) is 10.5 Å². The second kappa shape index (κ2) is 4.55. The average Bonchev–Trinajstić information content (AvgIpc) is 2.75. The van der Waals surface area contributed by atoms with Crippen molar-refractivity contribution >= 4 is 0 Å². The van der Waals surface area contributed by atoms with Crippen LogP contribution >= 0.6 is 0 Å². The maximum atomic E-state index is 6.37. The molecule has 0 radical (unpaired) electrons. The summed E-state index contributed by atoms with van der Waals surface area (Å²) >= 11 is 0. The Bertz CT molecular complexity index is 342. The lowest BCUT2D eigenvalue weighted by Crippen LogP contribution is -2.45. The molecule has 0 aromatic carbocycles. The van der Waals surface area contributed by atoms with E-state index < -0.39 is 0 Å². The van der Waals surface area contributed by atoms with Gasteiger partial charge in [0.25, 0.3) is 0 Å². The summed E-state index contributed by atoms with van der Waals surface area (Å²) in [7, 11) is 3.71. The monoisotopic (exact) mass is 223 g/mol. The number of aryl methyl sites for hydroxylation is 1. The van der Waals surface area contributed by atoms with Gasteiger partial charge in [0.1, 0.15) is 0 Å². The zero-order valence-electron chi connectivity index (χ0n) is 10.1. The largest absolute Gasteiger partial charge is 0.376 e. The lowest BCUT2D eigenvalue weighted by atomic mass is 9.78. The molecular weight excluding hydrogens is 202 g/mol. The van der Waals surface area contributed by atoms with E-state index in [2.05, 4.69) is 5.10 Å². The molecule has 2 rings (SSSR count). The third-order valence-electron chi connectivity index (χ3n) is 3.85. The van der Waals surface area contributed by atoms with E-state index in [1.807, 2.05) is 17.8 Å². The predicted molar refractivity (Wildman–Crippen MR) is 63.0 cm³/mol. The summed E-state index contributed by atoms with van der Waals surface area (Å²) in [4.78, 5) is 0. The van der Waals surface area contributed by atoms with Gasteiger partial charge < -0.3 is 10.5 Å². The van der Waals surface area contributed by atoms with Crippen LogP contribution in [0.25, 0.3) is 0 Å². The summed E-state index contributed by atoms with van der Waals surface area (Å²) in [6, 6.07) is 1.91. The number of ether oxygens (including phenoxy) is 1. The van der Waals surface area contributed by atoms with Gasteiger partial charge in [-0.25, -0.2) is 0 Å². The summed E-state index contributed by atoms with van der Waals surface area (Å²) in [6.45, 7) is 0. The molecule has 4 nitrogen and oxygen atoms in total. The molecule has 0 spiro atoms. The highest BCUT2D eigenvalue weighted by Gasteiger charge is 2.39. The fourth-order valence-corrected chi connectivity index (χ4v) is 2.75. The Morgan fingerprint density at radius 3 is 2.62 bits per heavy atom. The van der Waals surface area contributed by atoms with Crippen LogP contribution in [0.5, 0.6) is 0 Å². The average molecular weight is 223 g/mol. The quantitative estimate of drug-likeness (QED) is 0.849. The topological polar surface area (TPSA) is 53.1 Å². The lowest BCUT2D eigenvalue weighted by Gasteiger charge is -2.40. The fraction of sp³-hybridized carbons (Fsp3) is 0.750. The van der Waals surface area contributed by atoms with Crippen molar-refractivity contribution in [1.82, 2.24) is 9.78 Å². The van der Waals surface area contributed by atoms with E-state index in [1.54, 1.807) is 13.3 Å². The summed E-state index contributed by atoms with van der Waals surface area (Å²) in [5, 5.41) is 4.18. The van der Waals surface area contributed by atoms with E-state index >= 15 is 0 Å². The molecule has 1 saturated carbocycles. The highest BCUT2D eigenvalue weighted by Crippen LogP contribution is 2.39. The highest BCUT2D eigenvalue weighted by atomic mass is 16.5. The number of hydrogen-bond donors (Lipinski definition) is 1. The molecule has 1 aliphatic rings. The summed E-state index contributed by atoms with van der Waals surface area (Å²) in [5.41, 5.74) is 7.25. The van der Waals surface area contributed by atoms with Gasteiger partial charge in [-0.15, -0.1) is 0 Å². The molecule has 90 valence electrons. The molecular formula is C12H21N3O. The zero-order valence-corrected chi connectivity index (χ0v) is 10.1. The van der Waals surface area contributed by atoms with E-state index in [0.29, 0.717) is 0 Å². The lowest BCUT2D eigenvalue weighted by molar-refractivity contribution is -0.0611. The zero-order chi connectivity index (χ0) is 11.6. The third-order valence-corrected chi connectivity index (χ3v) is 3.85. The Morgan fingerprint density at radius 2 is 2.12 bits per heavy atom. The Morgan fingerprint density at radius 1 is 1.44 bits per heavy atom. The van der Waals surface area contributed by atoms with E-state index in [0.717, 1.165) is 18.5 Å². The van der Waals surface area contributed by atoms with E-state index in [1.165, 1.54) is 19.3 Å². The first-order valence-electron chi connectivity index (χ1n) is 5.98. The number of hydrogen-bond acceptors (Lipinski definition) is 3. The van der Waals surface area contributed by atoms with Gasteiger partial charge in [-0.1, -0.05) is 19.3 Å².